The zero-order valence-electron chi connectivity index (χ0n) is 10.4. The summed E-state index contributed by atoms with van der Waals surface area (Å²) >= 11 is 0. The zero-order chi connectivity index (χ0) is 11.1. The molecule has 0 aliphatic heterocycles. The van der Waals surface area contributed by atoms with E-state index in [-0.39, 0.29) is 0 Å². The average Bonchev–Trinajstić information content (AvgIpc) is 2.38. The van der Waals surface area contributed by atoms with Crippen LogP contribution in [0.3, 0.4) is 0 Å². The number of rotatable bonds is 4. The van der Waals surface area contributed by atoms with E-state index in [1.165, 1.54) is 25.7 Å². The Labute approximate surface area is 94.6 Å². The second-order valence-electron chi connectivity index (χ2n) is 4.63. The maximum absolute atomic E-state index is 3.65. The molecule has 1 aliphatic rings. The van der Waals surface area contributed by atoms with Crippen LogP contribution in [0.2, 0.25) is 0 Å². The predicted octanol–water partition coefficient (Wildman–Crippen LogP) is 3.68. The smallest absolute Gasteiger partial charge is 0.00787 e. The van der Waals surface area contributed by atoms with Gasteiger partial charge in [-0.3, -0.25) is 0 Å². The Morgan fingerprint density at radius 1 is 1.53 bits per heavy atom. The van der Waals surface area contributed by atoms with Gasteiger partial charge in [-0.05, 0) is 52.0 Å². The lowest BCUT2D eigenvalue weighted by Crippen LogP contribution is -2.30. The van der Waals surface area contributed by atoms with Crippen molar-refractivity contribution in [1.82, 2.24) is 5.32 Å². The van der Waals surface area contributed by atoms with E-state index in [4.69, 9.17) is 0 Å². The molecule has 1 aliphatic carbocycles. The molecule has 0 spiro atoms. The molecule has 0 heterocycles. The lowest BCUT2D eigenvalue weighted by atomic mass is 9.99. The van der Waals surface area contributed by atoms with Crippen molar-refractivity contribution in [2.45, 2.75) is 52.5 Å². The second kappa shape index (κ2) is 6.84. The molecule has 1 rings (SSSR count). The SMILES string of the molecule is C/C=C\C1C=C(C)CCC(NCCC)C1. The van der Waals surface area contributed by atoms with Crippen molar-refractivity contribution in [3.8, 4) is 0 Å². The second-order valence-corrected chi connectivity index (χ2v) is 4.63. The van der Waals surface area contributed by atoms with Gasteiger partial charge in [-0.1, -0.05) is 30.7 Å². The van der Waals surface area contributed by atoms with Gasteiger partial charge < -0.3 is 5.32 Å². The topological polar surface area (TPSA) is 12.0 Å². The predicted molar refractivity (Wildman–Crippen MR) is 68.0 cm³/mol. The van der Waals surface area contributed by atoms with Gasteiger partial charge in [0, 0.05) is 6.04 Å². The Balaban J connectivity index is 2.51. The number of hydrogen-bond acceptors (Lipinski definition) is 1. The van der Waals surface area contributed by atoms with Crippen LogP contribution >= 0.6 is 0 Å². The molecule has 1 N–H and O–H groups in total. The maximum atomic E-state index is 3.65. The largest absolute Gasteiger partial charge is 0.314 e. The van der Waals surface area contributed by atoms with E-state index < -0.39 is 0 Å². The molecule has 0 saturated carbocycles. The third kappa shape index (κ3) is 4.65. The van der Waals surface area contributed by atoms with Crippen LogP contribution < -0.4 is 5.32 Å². The molecule has 0 aromatic carbocycles. The summed E-state index contributed by atoms with van der Waals surface area (Å²) in [5.41, 5.74) is 1.55. The first-order valence-corrected chi connectivity index (χ1v) is 6.29. The minimum Gasteiger partial charge on any atom is -0.314 e. The van der Waals surface area contributed by atoms with Gasteiger partial charge in [0.1, 0.15) is 0 Å². The summed E-state index contributed by atoms with van der Waals surface area (Å²) in [5.74, 6) is 0.645. The summed E-state index contributed by atoms with van der Waals surface area (Å²) in [5, 5.41) is 3.65. The van der Waals surface area contributed by atoms with Crippen LogP contribution in [0.4, 0.5) is 0 Å². The van der Waals surface area contributed by atoms with Gasteiger partial charge in [0.25, 0.3) is 0 Å². The summed E-state index contributed by atoms with van der Waals surface area (Å²) in [4.78, 5) is 0. The minimum absolute atomic E-state index is 0.645. The molecular formula is C14H25N. The summed E-state index contributed by atoms with van der Waals surface area (Å²) < 4.78 is 0. The first-order valence-electron chi connectivity index (χ1n) is 6.29. The van der Waals surface area contributed by atoms with Crippen molar-refractivity contribution in [2.24, 2.45) is 5.92 Å². The highest BCUT2D eigenvalue weighted by Gasteiger charge is 2.16. The molecule has 2 atom stereocenters. The number of nitrogens with one attached hydrogen (secondary N) is 1. The molecule has 0 amide bonds. The molecule has 86 valence electrons. The summed E-state index contributed by atoms with van der Waals surface area (Å²) in [6, 6.07) is 0.708. The quantitative estimate of drug-likeness (QED) is 0.693. The van der Waals surface area contributed by atoms with Crippen molar-refractivity contribution >= 4 is 0 Å². The van der Waals surface area contributed by atoms with Crippen LogP contribution in [-0.4, -0.2) is 12.6 Å². The Morgan fingerprint density at radius 2 is 2.33 bits per heavy atom. The molecule has 15 heavy (non-hydrogen) atoms. The molecule has 0 aromatic heterocycles. The lowest BCUT2D eigenvalue weighted by molar-refractivity contribution is 0.440. The molecule has 0 radical (unpaired) electrons. The van der Waals surface area contributed by atoms with E-state index >= 15 is 0 Å². The highest BCUT2D eigenvalue weighted by Crippen LogP contribution is 2.23. The van der Waals surface area contributed by atoms with Gasteiger partial charge in [0.05, 0.1) is 0 Å². The van der Waals surface area contributed by atoms with Gasteiger partial charge in [0.2, 0.25) is 0 Å². The summed E-state index contributed by atoms with van der Waals surface area (Å²) in [7, 11) is 0. The molecule has 0 bridgehead atoms. The maximum Gasteiger partial charge on any atom is 0.00787 e. The van der Waals surface area contributed by atoms with Crippen molar-refractivity contribution in [2.75, 3.05) is 6.54 Å². The van der Waals surface area contributed by atoms with Crippen molar-refractivity contribution in [1.29, 1.82) is 0 Å². The van der Waals surface area contributed by atoms with Crippen molar-refractivity contribution in [3.63, 3.8) is 0 Å². The Kier molecular flexibility index (Phi) is 5.70. The summed E-state index contributed by atoms with van der Waals surface area (Å²) in [6.07, 6.45) is 12.0. The first-order chi connectivity index (χ1) is 7.26. The monoisotopic (exact) mass is 207 g/mol. The summed E-state index contributed by atoms with van der Waals surface area (Å²) in [6.45, 7) is 7.77. The van der Waals surface area contributed by atoms with Gasteiger partial charge in [-0.15, -0.1) is 0 Å². The van der Waals surface area contributed by atoms with E-state index in [1.54, 1.807) is 5.57 Å². The van der Waals surface area contributed by atoms with Crippen LogP contribution in [-0.2, 0) is 0 Å². The number of hydrogen-bond donors (Lipinski definition) is 1. The molecule has 2 unspecified atom stereocenters. The van der Waals surface area contributed by atoms with Crippen molar-refractivity contribution < 1.29 is 0 Å². The molecule has 0 fully saturated rings. The molecule has 0 saturated heterocycles. The fourth-order valence-corrected chi connectivity index (χ4v) is 2.28. The van der Waals surface area contributed by atoms with Crippen molar-refractivity contribution in [3.05, 3.63) is 23.8 Å². The molecule has 1 heteroatoms. The molecule has 0 aromatic rings. The van der Waals surface area contributed by atoms with Crippen LogP contribution in [0, 0.1) is 5.92 Å². The van der Waals surface area contributed by atoms with Gasteiger partial charge in [0.15, 0.2) is 0 Å². The van der Waals surface area contributed by atoms with E-state index in [9.17, 15) is 0 Å². The third-order valence-electron chi connectivity index (χ3n) is 3.07. The minimum atomic E-state index is 0.645. The Hall–Kier alpha value is -0.560. The Morgan fingerprint density at radius 3 is 3.00 bits per heavy atom. The van der Waals surface area contributed by atoms with Gasteiger partial charge in [-0.25, -0.2) is 0 Å². The van der Waals surface area contributed by atoms with Gasteiger partial charge >= 0.3 is 0 Å². The first kappa shape index (κ1) is 12.5. The third-order valence-corrected chi connectivity index (χ3v) is 3.07. The van der Waals surface area contributed by atoms with E-state index in [0.29, 0.717) is 12.0 Å². The van der Waals surface area contributed by atoms with Crippen LogP contribution in [0.25, 0.3) is 0 Å². The Bertz CT molecular complexity index is 227. The lowest BCUT2D eigenvalue weighted by Gasteiger charge is -2.18. The fourth-order valence-electron chi connectivity index (χ4n) is 2.28. The van der Waals surface area contributed by atoms with E-state index in [0.717, 1.165) is 6.54 Å². The standard InChI is InChI=1S/C14H25N/c1-4-6-13-10-12(3)7-8-14(11-13)15-9-5-2/h4,6,10,13-15H,5,7-9,11H2,1-3H3/b6-4-. The molecular weight excluding hydrogens is 182 g/mol. The van der Waals surface area contributed by atoms with Crippen LogP contribution in [0.1, 0.15) is 46.5 Å². The number of allylic oxidation sites excluding steroid dienone is 4. The van der Waals surface area contributed by atoms with E-state index in [2.05, 4.69) is 44.3 Å². The highest BCUT2D eigenvalue weighted by atomic mass is 14.9. The van der Waals surface area contributed by atoms with E-state index in [1.807, 2.05) is 0 Å². The van der Waals surface area contributed by atoms with Gasteiger partial charge in [-0.2, -0.15) is 0 Å². The normalized spacial score (nSPS) is 27.8. The van der Waals surface area contributed by atoms with Crippen LogP contribution in [0.15, 0.2) is 23.8 Å². The molecule has 1 nitrogen and oxygen atoms in total. The average molecular weight is 207 g/mol. The zero-order valence-corrected chi connectivity index (χ0v) is 10.4. The van der Waals surface area contributed by atoms with Crippen LogP contribution in [0.5, 0.6) is 0 Å². The highest BCUT2D eigenvalue weighted by molar-refractivity contribution is 5.10. The fraction of sp³-hybridized carbons (Fsp3) is 0.714.